The van der Waals surface area contributed by atoms with E-state index in [-0.39, 0.29) is 41.4 Å². The molecule has 1 unspecified atom stereocenters. The van der Waals surface area contributed by atoms with Gasteiger partial charge in [-0.05, 0) is 38.0 Å². The van der Waals surface area contributed by atoms with Crippen molar-refractivity contribution < 1.29 is 13.2 Å². The minimum Gasteiger partial charge on any atom is -0.487 e. The van der Waals surface area contributed by atoms with Crippen LogP contribution in [0.5, 0.6) is 5.75 Å². The van der Waals surface area contributed by atoms with Crippen LogP contribution in [-0.4, -0.2) is 32.8 Å². The Hall–Kier alpha value is -1.81. The first-order valence-electron chi connectivity index (χ1n) is 10.2. The van der Waals surface area contributed by atoms with Gasteiger partial charge in [0.2, 0.25) is 0 Å². The third kappa shape index (κ3) is 7.68. The maximum absolute atomic E-state index is 11.4. The van der Waals surface area contributed by atoms with E-state index in [1.54, 1.807) is 0 Å². The fourth-order valence-electron chi connectivity index (χ4n) is 3.63. The van der Waals surface area contributed by atoms with Gasteiger partial charge in [0.25, 0.3) is 0 Å². The summed E-state index contributed by atoms with van der Waals surface area (Å²) in [6.45, 7) is 7.49. The van der Waals surface area contributed by atoms with E-state index in [4.69, 9.17) is 9.73 Å². The topological polar surface area (TPSA) is 79.8 Å². The fraction of sp³-hybridized carbons (Fsp3) is 0.435. The second-order valence-electron chi connectivity index (χ2n) is 8.38. The summed E-state index contributed by atoms with van der Waals surface area (Å²) in [5.41, 5.74) is 2.68. The molecular weight excluding hydrogens is 525 g/mol. The predicted molar refractivity (Wildman–Crippen MR) is 137 cm³/mol. The van der Waals surface area contributed by atoms with Crippen LogP contribution in [0.4, 0.5) is 0 Å². The lowest BCUT2D eigenvalue weighted by Crippen LogP contribution is -2.45. The van der Waals surface area contributed by atoms with E-state index in [2.05, 4.69) is 30.5 Å². The molecule has 6 nitrogen and oxygen atoms in total. The molecule has 0 radical (unpaired) electrons. The van der Waals surface area contributed by atoms with E-state index in [0.29, 0.717) is 6.54 Å². The number of benzene rings is 2. The van der Waals surface area contributed by atoms with Crippen LogP contribution in [0.15, 0.2) is 53.5 Å². The number of rotatable bonds is 6. The molecule has 0 aliphatic carbocycles. The van der Waals surface area contributed by atoms with Gasteiger partial charge in [0.15, 0.2) is 15.8 Å². The third-order valence-corrected chi connectivity index (χ3v) is 5.76. The highest BCUT2D eigenvalue weighted by Gasteiger charge is 2.33. The van der Waals surface area contributed by atoms with Crippen LogP contribution in [-0.2, 0) is 22.1 Å². The zero-order valence-corrected chi connectivity index (χ0v) is 21.7. The summed E-state index contributed by atoms with van der Waals surface area (Å²) >= 11 is 0. The van der Waals surface area contributed by atoms with Gasteiger partial charge in [0, 0.05) is 24.8 Å². The van der Waals surface area contributed by atoms with Crippen molar-refractivity contribution in [1.82, 2.24) is 10.6 Å². The molecule has 31 heavy (non-hydrogen) atoms. The van der Waals surface area contributed by atoms with Crippen molar-refractivity contribution in [3.05, 3.63) is 65.2 Å². The highest BCUT2D eigenvalue weighted by Crippen LogP contribution is 2.39. The Morgan fingerprint density at radius 2 is 1.77 bits per heavy atom. The number of ether oxygens (including phenoxy) is 1. The molecule has 170 valence electrons. The molecule has 1 heterocycles. The highest BCUT2D eigenvalue weighted by atomic mass is 127. The second-order valence-corrected chi connectivity index (χ2v) is 10.5. The largest absolute Gasteiger partial charge is 0.487 e. The average Bonchev–Trinajstić information content (AvgIpc) is 2.65. The van der Waals surface area contributed by atoms with Gasteiger partial charge in [0.05, 0.1) is 18.3 Å². The Balaban J connectivity index is 0.00000341. The summed E-state index contributed by atoms with van der Waals surface area (Å²) in [6, 6.07) is 15.8. The van der Waals surface area contributed by atoms with Gasteiger partial charge in [-0.15, -0.1) is 24.0 Å². The molecule has 0 saturated heterocycles. The molecule has 1 atom stereocenters. The van der Waals surface area contributed by atoms with Crippen LogP contribution in [0.25, 0.3) is 0 Å². The molecule has 0 amide bonds. The molecule has 8 heteroatoms. The average molecular weight is 557 g/mol. The molecule has 0 aromatic heterocycles. The molecule has 0 bridgehead atoms. The normalized spacial score (nSPS) is 17.7. The van der Waals surface area contributed by atoms with E-state index in [9.17, 15) is 8.42 Å². The first-order valence-corrected chi connectivity index (χ1v) is 12.3. The summed E-state index contributed by atoms with van der Waals surface area (Å²) < 4.78 is 29.0. The number of sulfone groups is 1. The first kappa shape index (κ1) is 25.5. The van der Waals surface area contributed by atoms with Gasteiger partial charge in [-0.1, -0.05) is 42.5 Å². The number of para-hydroxylation sites is 1. The Morgan fingerprint density at radius 3 is 2.42 bits per heavy atom. The van der Waals surface area contributed by atoms with Gasteiger partial charge in [0.1, 0.15) is 11.4 Å². The standard InChI is InChI=1S/C23H31N3O3S.HI/c1-5-24-22(25-15-17-10-12-18(13-11-17)16-30(4,27)28)26-20-14-23(2,3)29-21-9-7-6-8-19(20)21;/h6-13,20H,5,14-16H2,1-4H3,(H2,24,25,26);1H. The number of fused-ring (bicyclic) bond motifs is 1. The van der Waals surface area contributed by atoms with E-state index in [1.165, 1.54) is 6.26 Å². The lowest BCUT2D eigenvalue weighted by molar-refractivity contribution is 0.0694. The van der Waals surface area contributed by atoms with Crippen molar-refractivity contribution in [2.24, 2.45) is 4.99 Å². The monoisotopic (exact) mass is 557 g/mol. The molecule has 2 aromatic carbocycles. The van der Waals surface area contributed by atoms with Crippen LogP contribution in [0.2, 0.25) is 0 Å². The summed E-state index contributed by atoms with van der Waals surface area (Å²) in [5, 5.41) is 6.88. The Kier molecular flexibility index (Phi) is 8.76. The number of nitrogens with zero attached hydrogens (tertiary/aromatic N) is 1. The maximum Gasteiger partial charge on any atom is 0.192 e. The third-order valence-electron chi connectivity index (χ3n) is 4.90. The van der Waals surface area contributed by atoms with Crippen molar-refractivity contribution in [1.29, 1.82) is 0 Å². The van der Waals surface area contributed by atoms with E-state index >= 15 is 0 Å². The van der Waals surface area contributed by atoms with E-state index in [1.807, 2.05) is 49.4 Å². The van der Waals surface area contributed by atoms with Crippen LogP contribution >= 0.6 is 24.0 Å². The Labute approximate surface area is 202 Å². The van der Waals surface area contributed by atoms with E-state index in [0.717, 1.165) is 41.4 Å². The quantitative estimate of drug-likeness (QED) is 0.316. The lowest BCUT2D eigenvalue weighted by Gasteiger charge is -2.38. The number of halogens is 1. The fourth-order valence-corrected chi connectivity index (χ4v) is 4.43. The lowest BCUT2D eigenvalue weighted by atomic mass is 9.90. The van der Waals surface area contributed by atoms with Gasteiger partial charge in [-0.2, -0.15) is 0 Å². The van der Waals surface area contributed by atoms with Crippen molar-refractivity contribution >= 4 is 39.8 Å². The zero-order valence-electron chi connectivity index (χ0n) is 18.5. The number of nitrogens with one attached hydrogen (secondary N) is 2. The molecule has 1 aliphatic heterocycles. The van der Waals surface area contributed by atoms with Crippen LogP contribution in [0.1, 0.15) is 49.9 Å². The van der Waals surface area contributed by atoms with Crippen molar-refractivity contribution in [3.63, 3.8) is 0 Å². The minimum absolute atomic E-state index is 0. The van der Waals surface area contributed by atoms with Gasteiger partial charge in [-0.25, -0.2) is 13.4 Å². The molecule has 0 spiro atoms. The number of guanidine groups is 1. The molecule has 3 rings (SSSR count). The minimum atomic E-state index is -3.03. The second kappa shape index (κ2) is 10.7. The van der Waals surface area contributed by atoms with Crippen LogP contribution in [0, 0.1) is 0 Å². The van der Waals surface area contributed by atoms with Crippen LogP contribution in [0.3, 0.4) is 0 Å². The maximum atomic E-state index is 11.4. The summed E-state index contributed by atoms with van der Waals surface area (Å²) in [5.74, 6) is 1.71. The van der Waals surface area contributed by atoms with Crippen LogP contribution < -0.4 is 15.4 Å². The molecular formula is C23H32IN3O3S. The number of hydrogen-bond donors (Lipinski definition) is 2. The summed E-state index contributed by atoms with van der Waals surface area (Å²) in [6.07, 6.45) is 2.07. The molecule has 1 aliphatic rings. The number of hydrogen-bond acceptors (Lipinski definition) is 4. The Bertz CT molecular complexity index is 1000. The van der Waals surface area contributed by atoms with Gasteiger partial charge < -0.3 is 15.4 Å². The molecule has 0 fully saturated rings. The highest BCUT2D eigenvalue weighted by molar-refractivity contribution is 14.0. The van der Waals surface area contributed by atoms with Crippen molar-refractivity contribution in [2.75, 3.05) is 12.8 Å². The van der Waals surface area contributed by atoms with Gasteiger partial charge in [-0.3, -0.25) is 0 Å². The van der Waals surface area contributed by atoms with Gasteiger partial charge >= 0.3 is 0 Å². The smallest absolute Gasteiger partial charge is 0.192 e. The van der Waals surface area contributed by atoms with Crippen molar-refractivity contribution in [2.45, 2.75) is 51.1 Å². The van der Waals surface area contributed by atoms with Crippen molar-refractivity contribution in [3.8, 4) is 5.75 Å². The number of aliphatic imine (C=N–C) groups is 1. The zero-order chi connectivity index (χ0) is 21.8. The first-order chi connectivity index (χ1) is 14.1. The summed E-state index contributed by atoms with van der Waals surface area (Å²) in [7, 11) is -3.03. The van der Waals surface area contributed by atoms with E-state index < -0.39 is 9.84 Å². The predicted octanol–water partition coefficient (Wildman–Crippen LogP) is 4.21. The Morgan fingerprint density at radius 1 is 1.13 bits per heavy atom. The molecule has 2 N–H and O–H groups in total. The SMILES string of the molecule is CCNC(=NCc1ccc(CS(C)(=O)=O)cc1)NC1CC(C)(C)Oc2ccccc21.I. The summed E-state index contributed by atoms with van der Waals surface area (Å²) in [4.78, 5) is 4.74. The molecule has 2 aromatic rings. The molecule has 0 saturated carbocycles.